The third-order valence-electron chi connectivity index (χ3n) is 1.76. The molecule has 0 amide bonds. The minimum Gasteiger partial charge on any atom is -0.0656 e. The standard InChI is InChI=1S/C9H11Br3Si/c1-13(2,3)9-7(11)4-6(10)5-8(9)12/h4-5H,1-3H3. The van der Waals surface area contributed by atoms with Crippen molar-refractivity contribution < 1.29 is 0 Å². The van der Waals surface area contributed by atoms with Gasteiger partial charge in [0, 0.05) is 13.4 Å². The number of benzene rings is 1. The average molecular weight is 387 g/mol. The molecule has 0 unspecified atom stereocenters. The van der Waals surface area contributed by atoms with Gasteiger partial charge in [0.05, 0.1) is 8.07 Å². The molecule has 0 aliphatic carbocycles. The summed E-state index contributed by atoms with van der Waals surface area (Å²) in [6.45, 7) is 7.02. The van der Waals surface area contributed by atoms with Gasteiger partial charge in [0.2, 0.25) is 0 Å². The molecule has 0 nitrogen and oxygen atoms in total. The summed E-state index contributed by atoms with van der Waals surface area (Å²) in [5.74, 6) is 0. The van der Waals surface area contributed by atoms with E-state index in [1.165, 1.54) is 14.1 Å². The van der Waals surface area contributed by atoms with Crippen LogP contribution >= 0.6 is 47.8 Å². The predicted molar refractivity (Wildman–Crippen MR) is 72.5 cm³/mol. The molecule has 0 radical (unpaired) electrons. The lowest BCUT2D eigenvalue weighted by Crippen LogP contribution is -2.39. The van der Waals surface area contributed by atoms with E-state index in [-0.39, 0.29) is 0 Å². The van der Waals surface area contributed by atoms with Crippen LogP contribution in [0.15, 0.2) is 25.6 Å². The highest BCUT2D eigenvalue weighted by atomic mass is 79.9. The summed E-state index contributed by atoms with van der Waals surface area (Å²) in [6.07, 6.45) is 0. The highest BCUT2D eigenvalue weighted by Crippen LogP contribution is 2.25. The van der Waals surface area contributed by atoms with Gasteiger partial charge in [-0.25, -0.2) is 0 Å². The van der Waals surface area contributed by atoms with E-state index in [4.69, 9.17) is 0 Å². The molecule has 0 bridgehead atoms. The van der Waals surface area contributed by atoms with Gasteiger partial charge in [0.15, 0.2) is 0 Å². The Morgan fingerprint density at radius 3 is 1.62 bits per heavy atom. The third kappa shape index (κ3) is 2.91. The molecule has 0 fully saturated rings. The van der Waals surface area contributed by atoms with Gasteiger partial charge >= 0.3 is 0 Å². The lowest BCUT2D eigenvalue weighted by atomic mass is 10.4. The second-order valence-corrected chi connectivity index (χ2v) is 11.6. The highest BCUT2D eigenvalue weighted by Gasteiger charge is 2.22. The molecule has 0 aliphatic rings. The summed E-state index contributed by atoms with van der Waals surface area (Å²) in [5.41, 5.74) is 0. The SMILES string of the molecule is C[Si](C)(C)c1c(Br)cc(Br)cc1Br. The third-order valence-corrected chi connectivity index (χ3v) is 6.24. The average Bonchev–Trinajstić information content (AvgIpc) is 1.78. The summed E-state index contributed by atoms with van der Waals surface area (Å²) in [7, 11) is -1.26. The largest absolute Gasteiger partial charge is 0.0805 e. The Kier molecular flexibility index (Phi) is 3.83. The predicted octanol–water partition coefficient (Wildman–Crippen LogP) is 4.52. The van der Waals surface area contributed by atoms with Gasteiger partial charge in [0.25, 0.3) is 0 Å². The second-order valence-electron chi connectivity index (χ2n) is 3.99. The molecule has 72 valence electrons. The zero-order valence-corrected chi connectivity index (χ0v) is 13.5. The van der Waals surface area contributed by atoms with Crippen LogP contribution in [0, 0.1) is 0 Å². The van der Waals surface area contributed by atoms with Crippen LogP contribution in [0.25, 0.3) is 0 Å². The monoisotopic (exact) mass is 384 g/mol. The van der Waals surface area contributed by atoms with Crippen molar-refractivity contribution >= 4 is 61.1 Å². The Bertz CT molecular complexity index is 305. The zero-order valence-electron chi connectivity index (χ0n) is 7.79. The van der Waals surface area contributed by atoms with Crippen molar-refractivity contribution in [3.05, 3.63) is 25.6 Å². The van der Waals surface area contributed by atoms with Crippen LogP contribution in [0.1, 0.15) is 0 Å². The molecule has 0 N–H and O–H groups in total. The van der Waals surface area contributed by atoms with E-state index in [1.54, 1.807) is 0 Å². The summed E-state index contributed by atoms with van der Waals surface area (Å²) in [4.78, 5) is 0. The van der Waals surface area contributed by atoms with E-state index in [9.17, 15) is 0 Å². The van der Waals surface area contributed by atoms with Crippen LogP contribution in [0.3, 0.4) is 0 Å². The van der Waals surface area contributed by atoms with Crippen molar-refractivity contribution in [2.24, 2.45) is 0 Å². The van der Waals surface area contributed by atoms with Crippen LogP contribution in [-0.4, -0.2) is 8.07 Å². The summed E-state index contributed by atoms with van der Waals surface area (Å²) >= 11 is 10.7. The number of halogens is 3. The molecule has 0 heterocycles. The molecule has 0 aliphatic heterocycles. The molecular weight excluding hydrogens is 376 g/mol. The van der Waals surface area contributed by atoms with Gasteiger partial charge in [-0.15, -0.1) is 0 Å². The first-order valence-electron chi connectivity index (χ1n) is 3.97. The fourth-order valence-corrected chi connectivity index (χ4v) is 8.66. The first kappa shape index (κ1) is 11.9. The van der Waals surface area contributed by atoms with Crippen molar-refractivity contribution in [3.63, 3.8) is 0 Å². The fourth-order valence-electron chi connectivity index (χ4n) is 1.26. The molecule has 13 heavy (non-hydrogen) atoms. The van der Waals surface area contributed by atoms with Crippen molar-refractivity contribution in [2.45, 2.75) is 19.6 Å². The molecule has 1 aromatic carbocycles. The van der Waals surface area contributed by atoms with E-state index in [0.717, 1.165) is 4.47 Å². The Morgan fingerprint density at radius 1 is 0.923 bits per heavy atom. The summed E-state index contributed by atoms with van der Waals surface area (Å²) in [5, 5.41) is 1.44. The van der Waals surface area contributed by atoms with Crippen molar-refractivity contribution in [1.82, 2.24) is 0 Å². The second kappa shape index (κ2) is 4.17. The Hall–Kier alpha value is 0.877. The van der Waals surface area contributed by atoms with E-state index >= 15 is 0 Å². The molecule has 0 aromatic heterocycles. The van der Waals surface area contributed by atoms with Crippen LogP contribution < -0.4 is 5.19 Å². The minimum absolute atomic E-state index is 1.10. The number of hydrogen-bond donors (Lipinski definition) is 0. The first-order chi connectivity index (χ1) is 5.82. The normalized spacial score (nSPS) is 11.8. The molecule has 0 spiro atoms. The van der Waals surface area contributed by atoms with Crippen molar-refractivity contribution in [2.75, 3.05) is 0 Å². The fraction of sp³-hybridized carbons (Fsp3) is 0.333. The van der Waals surface area contributed by atoms with Crippen LogP contribution in [0.4, 0.5) is 0 Å². The van der Waals surface area contributed by atoms with Crippen LogP contribution in [0.5, 0.6) is 0 Å². The smallest absolute Gasteiger partial charge is 0.0656 e. The zero-order chi connectivity index (χ0) is 10.2. The van der Waals surface area contributed by atoms with Crippen LogP contribution in [-0.2, 0) is 0 Å². The van der Waals surface area contributed by atoms with Crippen molar-refractivity contribution in [3.8, 4) is 0 Å². The van der Waals surface area contributed by atoms with E-state index in [2.05, 4.69) is 79.6 Å². The van der Waals surface area contributed by atoms with Crippen LogP contribution in [0.2, 0.25) is 19.6 Å². The molecule has 0 atom stereocenters. The summed E-state index contributed by atoms with van der Waals surface area (Å²) < 4.78 is 3.51. The van der Waals surface area contributed by atoms with Gasteiger partial charge in [-0.3, -0.25) is 0 Å². The molecular formula is C9H11Br3Si. The van der Waals surface area contributed by atoms with Gasteiger partial charge in [-0.2, -0.15) is 0 Å². The molecule has 0 saturated carbocycles. The van der Waals surface area contributed by atoms with Gasteiger partial charge in [0.1, 0.15) is 0 Å². The Balaban J connectivity index is 3.38. The summed E-state index contributed by atoms with van der Waals surface area (Å²) in [6, 6.07) is 4.22. The van der Waals surface area contributed by atoms with Gasteiger partial charge in [-0.1, -0.05) is 67.4 Å². The number of hydrogen-bond acceptors (Lipinski definition) is 0. The van der Waals surface area contributed by atoms with E-state index in [1.807, 2.05) is 0 Å². The first-order valence-corrected chi connectivity index (χ1v) is 9.85. The lowest BCUT2D eigenvalue weighted by molar-refractivity contribution is 1.56. The Morgan fingerprint density at radius 2 is 1.31 bits per heavy atom. The van der Waals surface area contributed by atoms with E-state index in [0.29, 0.717) is 0 Å². The number of rotatable bonds is 1. The lowest BCUT2D eigenvalue weighted by Gasteiger charge is -2.20. The Labute approximate surface area is 106 Å². The van der Waals surface area contributed by atoms with Gasteiger partial charge in [-0.05, 0) is 17.3 Å². The topological polar surface area (TPSA) is 0 Å². The van der Waals surface area contributed by atoms with Crippen molar-refractivity contribution in [1.29, 1.82) is 0 Å². The molecule has 4 heteroatoms. The quantitative estimate of drug-likeness (QED) is 0.622. The van der Waals surface area contributed by atoms with E-state index < -0.39 is 8.07 Å². The maximum absolute atomic E-state index is 3.61. The maximum atomic E-state index is 3.61. The molecule has 0 saturated heterocycles. The minimum atomic E-state index is -1.26. The highest BCUT2D eigenvalue weighted by molar-refractivity contribution is 9.11. The molecule has 1 rings (SSSR count). The maximum Gasteiger partial charge on any atom is 0.0805 e. The van der Waals surface area contributed by atoms with Gasteiger partial charge < -0.3 is 0 Å². The molecule has 1 aromatic rings.